The van der Waals surface area contributed by atoms with Crippen LogP contribution in [0.3, 0.4) is 0 Å². The topological polar surface area (TPSA) is 25.2 Å². The van der Waals surface area contributed by atoms with Gasteiger partial charge >= 0.3 is 0 Å². The molecule has 0 spiro atoms. The Morgan fingerprint density at radius 2 is 2.12 bits per heavy atom. The summed E-state index contributed by atoms with van der Waals surface area (Å²) in [6.07, 6.45) is 5.19. The SMILES string of the molecule is CCCNC(c1ccoc1Cl)C(C)CCC. The van der Waals surface area contributed by atoms with Gasteiger partial charge in [0, 0.05) is 11.6 Å². The largest absolute Gasteiger partial charge is 0.453 e. The van der Waals surface area contributed by atoms with E-state index in [2.05, 4.69) is 26.1 Å². The summed E-state index contributed by atoms with van der Waals surface area (Å²) in [5, 5.41) is 4.08. The number of nitrogens with one attached hydrogen (secondary N) is 1. The summed E-state index contributed by atoms with van der Waals surface area (Å²) in [6, 6.07) is 2.29. The molecule has 1 aromatic heterocycles. The number of hydrogen-bond acceptors (Lipinski definition) is 2. The van der Waals surface area contributed by atoms with E-state index in [4.69, 9.17) is 16.0 Å². The van der Waals surface area contributed by atoms with Crippen molar-refractivity contribution in [2.75, 3.05) is 6.54 Å². The first-order valence-electron chi connectivity index (χ1n) is 6.16. The van der Waals surface area contributed by atoms with Crippen molar-refractivity contribution >= 4 is 11.6 Å². The minimum Gasteiger partial charge on any atom is -0.453 e. The molecule has 0 radical (unpaired) electrons. The number of furan rings is 1. The van der Waals surface area contributed by atoms with Gasteiger partial charge in [-0.1, -0.05) is 27.2 Å². The Morgan fingerprint density at radius 3 is 2.62 bits per heavy atom. The lowest BCUT2D eigenvalue weighted by Gasteiger charge is -2.24. The summed E-state index contributed by atoms with van der Waals surface area (Å²) in [5.74, 6) is 0.576. The van der Waals surface area contributed by atoms with E-state index in [-0.39, 0.29) is 0 Å². The zero-order valence-corrected chi connectivity index (χ0v) is 11.2. The number of halogens is 1. The van der Waals surface area contributed by atoms with Crippen molar-refractivity contribution in [1.82, 2.24) is 5.32 Å². The number of rotatable bonds is 7. The molecule has 0 amide bonds. The van der Waals surface area contributed by atoms with E-state index in [1.807, 2.05) is 6.07 Å². The van der Waals surface area contributed by atoms with E-state index in [0.717, 1.165) is 18.5 Å². The molecule has 0 fully saturated rings. The van der Waals surface area contributed by atoms with Crippen molar-refractivity contribution in [2.24, 2.45) is 5.92 Å². The molecule has 1 heterocycles. The zero-order chi connectivity index (χ0) is 12.0. The van der Waals surface area contributed by atoms with Gasteiger partial charge in [0.2, 0.25) is 0 Å². The first-order chi connectivity index (χ1) is 7.70. The molecular formula is C13H22ClNO. The molecular weight excluding hydrogens is 222 g/mol. The van der Waals surface area contributed by atoms with Crippen LogP contribution in [0.5, 0.6) is 0 Å². The molecule has 3 heteroatoms. The van der Waals surface area contributed by atoms with Crippen LogP contribution in [0.4, 0.5) is 0 Å². The fourth-order valence-corrected chi connectivity index (χ4v) is 2.30. The first kappa shape index (κ1) is 13.6. The second kappa shape index (κ2) is 6.97. The van der Waals surface area contributed by atoms with Crippen molar-refractivity contribution in [3.8, 4) is 0 Å². The molecule has 2 atom stereocenters. The van der Waals surface area contributed by atoms with E-state index in [0.29, 0.717) is 17.2 Å². The predicted octanol–water partition coefficient (Wildman–Crippen LogP) is 4.41. The maximum atomic E-state index is 6.05. The van der Waals surface area contributed by atoms with Gasteiger partial charge in [0.25, 0.3) is 0 Å². The normalized spacial score (nSPS) is 15.0. The molecule has 1 rings (SSSR count). The lowest BCUT2D eigenvalue weighted by atomic mass is 9.92. The highest BCUT2D eigenvalue weighted by molar-refractivity contribution is 6.29. The fourth-order valence-electron chi connectivity index (χ4n) is 2.07. The molecule has 1 N–H and O–H groups in total. The highest BCUT2D eigenvalue weighted by atomic mass is 35.5. The van der Waals surface area contributed by atoms with E-state index in [9.17, 15) is 0 Å². The van der Waals surface area contributed by atoms with Gasteiger partial charge in [-0.05, 0) is 43.0 Å². The van der Waals surface area contributed by atoms with E-state index < -0.39 is 0 Å². The monoisotopic (exact) mass is 243 g/mol. The Kier molecular flexibility index (Phi) is 5.93. The zero-order valence-electron chi connectivity index (χ0n) is 10.4. The predicted molar refractivity (Wildman–Crippen MR) is 68.8 cm³/mol. The number of hydrogen-bond donors (Lipinski definition) is 1. The molecule has 92 valence electrons. The van der Waals surface area contributed by atoms with Gasteiger partial charge in [0.15, 0.2) is 5.22 Å². The summed E-state index contributed by atoms with van der Waals surface area (Å²) in [6.45, 7) is 7.66. The van der Waals surface area contributed by atoms with Crippen molar-refractivity contribution in [3.05, 3.63) is 23.1 Å². The maximum absolute atomic E-state index is 6.05. The van der Waals surface area contributed by atoms with E-state index >= 15 is 0 Å². The molecule has 1 aromatic rings. The molecule has 2 nitrogen and oxygen atoms in total. The van der Waals surface area contributed by atoms with Crippen LogP contribution in [-0.4, -0.2) is 6.54 Å². The molecule has 16 heavy (non-hydrogen) atoms. The summed E-state index contributed by atoms with van der Waals surface area (Å²) in [4.78, 5) is 0. The average molecular weight is 244 g/mol. The van der Waals surface area contributed by atoms with Gasteiger partial charge in [-0.15, -0.1) is 0 Å². The van der Waals surface area contributed by atoms with Crippen LogP contribution < -0.4 is 5.32 Å². The molecule has 0 saturated heterocycles. The van der Waals surface area contributed by atoms with Gasteiger partial charge in [-0.2, -0.15) is 0 Å². The van der Waals surface area contributed by atoms with Crippen LogP contribution in [0.25, 0.3) is 0 Å². The van der Waals surface area contributed by atoms with Gasteiger partial charge in [0.05, 0.1) is 6.26 Å². The third-order valence-electron chi connectivity index (χ3n) is 2.91. The summed E-state index contributed by atoms with van der Waals surface area (Å²) < 4.78 is 5.18. The Balaban J connectivity index is 2.74. The third-order valence-corrected chi connectivity index (χ3v) is 3.22. The van der Waals surface area contributed by atoms with Crippen LogP contribution in [0.2, 0.25) is 5.22 Å². The van der Waals surface area contributed by atoms with E-state index in [1.54, 1.807) is 6.26 Å². The lowest BCUT2D eigenvalue weighted by molar-refractivity contribution is 0.361. The van der Waals surface area contributed by atoms with Gasteiger partial charge < -0.3 is 9.73 Å². The third kappa shape index (κ3) is 3.53. The first-order valence-corrected chi connectivity index (χ1v) is 6.54. The fraction of sp³-hybridized carbons (Fsp3) is 0.692. The van der Waals surface area contributed by atoms with Gasteiger partial charge in [0.1, 0.15) is 0 Å². The van der Waals surface area contributed by atoms with Crippen LogP contribution in [0.1, 0.15) is 51.6 Å². The summed E-state index contributed by atoms with van der Waals surface area (Å²) in [7, 11) is 0. The average Bonchev–Trinajstić information content (AvgIpc) is 2.66. The van der Waals surface area contributed by atoms with Crippen molar-refractivity contribution in [3.63, 3.8) is 0 Å². The van der Waals surface area contributed by atoms with Crippen LogP contribution in [0.15, 0.2) is 16.7 Å². The Labute approximate surface area is 103 Å². The van der Waals surface area contributed by atoms with Crippen molar-refractivity contribution in [2.45, 2.75) is 46.1 Å². The molecule has 0 aliphatic carbocycles. The molecule has 0 bridgehead atoms. The van der Waals surface area contributed by atoms with E-state index in [1.165, 1.54) is 12.8 Å². The second-order valence-electron chi connectivity index (χ2n) is 4.35. The molecule has 0 aliphatic heterocycles. The summed E-state index contributed by atoms with van der Waals surface area (Å²) >= 11 is 6.05. The highest BCUT2D eigenvalue weighted by Gasteiger charge is 2.21. The minimum atomic E-state index is 0.311. The van der Waals surface area contributed by atoms with Gasteiger partial charge in [-0.3, -0.25) is 0 Å². The molecule has 0 aliphatic rings. The Bertz CT molecular complexity index is 298. The Hall–Kier alpha value is -0.470. The minimum absolute atomic E-state index is 0.311. The summed E-state index contributed by atoms with van der Waals surface area (Å²) in [5.41, 5.74) is 1.09. The van der Waals surface area contributed by atoms with Crippen LogP contribution >= 0.6 is 11.6 Å². The van der Waals surface area contributed by atoms with Crippen LogP contribution in [0, 0.1) is 5.92 Å². The second-order valence-corrected chi connectivity index (χ2v) is 4.69. The van der Waals surface area contributed by atoms with Crippen molar-refractivity contribution < 1.29 is 4.42 Å². The molecule has 2 unspecified atom stereocenters. The maximum Gasteiger partial charge on any atom is 0.197 e. The molecule has 0 aromatic carbocycles. The Morgan fingerprint density at radius 1 is 1.38 bits per heavy atom. The smallest absolute Gasteiger partial charge is 0.197 e. The quantitative estimate of drug-likeness (QED) is 0.768. The highest BCUT2D eigenvalue weighted by Crippen LogP contribution is 2.31. The lowest BCUT2D eigenvalue weighted by Crippen LogP contribution is -2.27. The van der Waals surface area contributed by atoms with Gasteiger partial charge in [-0.25, -0.2) is 0 Å². The molecule has 0 saturated carbocycles. The standard InChI is InChI=1S/C13H22ClNO/c1-4-6-10(3)12(15-8-5-2)11-7-9-16-13(11)14/h7,9-10,12,15H,4-6,8H2,1-3H3. The van der Waals surface area contributed by atoms with Crippen LogP contribution in [-0.2, 0) is 0 Å². The van der Waals surface area contributed by atoms with Crippen molar-refractivity contribution in [1.29, 1.82) is 0 Å².